The Kier molecular flexibility index (Phi) is 26.1. The maximum Gasteiger partial charge on any atom is 0.425 e. The summed E-state index contributed by atoms with van der Waals surface area (Å²) in [6.07, 6.45) is 0.0280. The van der Waals surface area contributed by atoms with Gasteiger partial charge in [0.25, 0.3) is 30.4 Å². The summed E-state index contributed by atoms with van der Waals surface area (Å²) in [6, 6.07) is 23.4. The number of thioether (sulfide) groups is 2. The van der Waals surface area contributed by atoms with E-state index in [1.54, 1.807) is 88.4 Å². The van der Waals surface area contributed by atoms with Gasteiger partial charge in [-0.1, -0.05) is 17.7 Å². The number of pyridine rings is 1. The minimum Gasteiger partial charge on any atom is -0.493 e. The van der Waals surface area contributed by atoms with Crippen LogP contribution in [0.1, 0.15) is 58.2 Å². The van der Waals surface area contributed by atoms with Crippen LogP contribution in [0.25, 0.3) is 16.7 Å². The first kappa shape index (κ1) is 71.7. The number of aromatic nitrogens is 2. The molecular formula is C51H49ClN12O18S7. The third-order valence-corrected chi connectivity index (χ3v) is 16.7. The minimum absolute atomic E-state index is 0.0387. The average Bonchev–Trinajstić information content (AvgIpc) is 1.65. The summed E-state index contributed by atoms with van der Waals surface area (Å²) in [6.45, 7) is 6.25. The number of benzene rings is 5. The number of azo groups is 4. The van der Waals surface area contributed by atoms with E-state index in [9.17, 15) is 59.6 Å². The highest BCUT2D eigenvalue weighted by molar-refractivity contribution is 7.99. The number of aromatic hydroxyl groups is 1. The fraction of sp³-hybridized carbons (Fsp3) is 0.275. The molecule has 2 heterocycles. The van der Waals surface area contributed by atoms with Crippen LogP contribution in [0, 0.1) is 50.4 Å². The SMILES string of the molecule is Cc1cc(N=Nc2cc(SCCCS(=O)(=O)O)c(N=Nc3cc(OCCCS(=O)(=O)O)c(N=Nc4c(C)c(C#N)c5nc6ccc(CO)cc6n5c4O)cc3C)cc2C)c(SCCCS(=O)(=O)O)cc1N=Nc1ccc(Cl)cc1C#N.O=S(=O)=O.O=S(=O)=O. The number of aliphatic hydroxyl groups excluding tert-OH is 1. The van der Waals surface area contributed by atoms with Gasteiger partial charge in [-0.15, -0.1) is 74.3 Å². The molecule has 0 fully saturated rings. The Morgan fingerprint density at radius 1 is 0.596 bits per heavy atom. The van der Waals surface area contributed by atoms with Crippen molar-refractivity contribution < 1.29 is 79.1 Å². The maximum absolute atomic E-state index is 11.6. The molecule has 5 aromatic carbocycles. The average molecular weight is 1380 g/mol. The van der Waals surface area contributed by atoms with Gasteiger partial charge in [-0.25, -0.2) is 4.98 Å². The van der Waals surface area contributed by atoms with Crippen molar-refractivity contribution in [3.8, 4) is 23.8 Å². The molecule has 0 radical (unpaired) electrons. The molecule has 0 unspecified atom stereocenters. The summed E-state index contributed by atoms with van der Waals surface area (Å²) in [5.41, 5.74) is 5.75. The molecule has 2 aromatic heterocycles. The Bertz CT molecular complexity index is 4640. The lowest BCUT2D eigenvalue weighted by Crippen LogP contribution is -2.08. The molecule has 5 N–H and O–H groups in total. The zero-order chi connectivity index (χ0) is 66.0. The van der Waals surface area contributed by atoms with Crippen molar-refractivity contribution in [3.05, 3.63) is 117 Å². The van der Waals surface area contributed by atoms with E-state index in [1.165, 1.54) is 40.1 Å². The lowest BCUT2D eigenvalue weighted by Gasteiger charge is -2.12. The van der Waals surface area contributed by atoms with Crippen LogP contribution in [-0.2, 0) is 58.2 Å². The van der Waals surface area contributed by atoms with Crippen LogP contribution < -0.4 is 4.74 Å². The van der Waals surface area contributed by atoms with E-state index in [2.05, 4.69) is 52.0 Å². The summed E-state index contributed by atoms with van der Waals surface area (Å²) in [5, 5.41) is 77.3. The van der Waals surface area contributed by atoms with E-state index in [0.29, 0.717) is 70.9 Å². The molecule has 0 aliphatic carbocycles. The van der Waals surface area contributed by atoms with Crippen LogP contribution in [0.2, 0.25) is 5.02 Å². The van der Waals surface area contributed by atoms with Gasteiger partial charge in [-0.05, 0) is 141 Å². The molecular weight excluding hydrogens is 1330 g/mol. The van der Waals surface area contributed by atoms with Crippen LogP contribution in [0.5, 0.6) is 11.6 Å². The molecule has 89 heavy (non-hydrogen) atoms. The van der Waals surface area contributed by atoms with Crippen LogP contribution in [0.15, 0.2) is 124 Å². The van der Waals surface area contributed by atoms with E-state index in [-0.39, 0.29) is 94.8 Å². The summed E-state index contributed by atoms with van der Waals surface area (Å²) >= 11 is 8.50. The molecule has 0 spiro atoms. The summed E-state index contributed by atoms with van der Waals surface area (Å²) in [7, 11) is -19.1. The zero-order valence-electron chi connectivity index (χ0n) is 46.6. The highest BCUT2D eigenvalue weighted by Gasteiger charge is 2.22. The van der Waals surface area contributed by atoms with Gasteiger partial charge in [0.2, 0.25) is 5.88 Å². The predicted molar refractivity (Wildman–Crippen MR) is 326 cm³/mol. The second-order valence-electron chi connectivity index (χ2n) is 18.3. The van der Waals surface area contributed by atoms with Gasteiger partial charge in [-0.3, -0.25) is 18.1 Å². The number of nitriles is 2. The van der Waals surface area contributed by atoms with E-state index >= 15 is 0 Å². The van der Waals surface area contributed by atoms with Crippen molar-refractivity contribution in [2.75, 3.05) is 35.4 Å². The Hall–Kier alpha value is -8.05. The lowest BCUT2D eigenvalue weighted by molar-refractivity contribution is 0.282. The van der Waals surface area contributed by atoms with E-state index in [4.69, 9.17) is 41.6 Å². The molecule has 7 rings (SSSR count). The van der Waals surface area contributed by atoms with Gasteiger partial charge in [-0.2, -0.15) is 51.1 Å². The van der Waals surface area contributed by atoms with Crippen molar-refractivity contribution in [2.24, 2.45) is 40.9 Å². The second kappa shape index (κ2) is 32.4. The molecule has 0 saturated carbocycles. The van der Waals surface area contributed by atoms with Gasteiger partial charge in [0.15, 0.2) is 11.3 Å². The topological polar surface area (TPSA) is 479 Å². The van der Waals surface area contributed by atoms with Crippen molar-refractivity contribution in [3.63, 3.8) is 0 Å². The van der Waals surface area contributed by atoms with Crippen LogP contribution >= 0.6 is 35.1 Å². The quantitative estimate of drug-likeness (QED) is 0.0162. The third kappa shape index (κ3) is 22.2. The summed E-state index contributed by atoms with van der Waals surface area (Å²) < 4.78 is 156. The third-order valence-electron chi connectivity index (χ3n) is 11.8. The summed E-state index contributed by atoms with van der Waals surface area (Å²) in [5.74, 6) is -1.51. The molecule has 0 saturated heterocycles. The van der Waals surface area contributed by atoms with E-state index in [0.717, 1.165) is 0 Å². The van der Waals surface area contributed by atoms with Gasteiger partial charge in [0, 0.05) is 26.4 Å². The Morgan fingerprint density at radius 2 is 1.06 bits per heavy atom. The molecule has 7 aromatic rings. The van der Waals surface area contributed by atoms with Gasteiger partial charge < -0.3 is 14.9 Å². The summed E-state index contributed by atoms with van der Waals surface area (Å²) in [4.78, 5) is 5.54. The number of ether oxygens (including phenoxy) is 1. The monoisotopic (exact) mass is 1380 g/mol. The number of hydrogen-bond acceptors (Lipinski definition) is 28. The molecule has 0 aliphatic heterocycles. The highest BCUT2D eigenvalue weighted by atomic mass is 35.5. The first-order valence-electron chi connectivity index (χ1n) is 25.1. The van der Waals surface area contributed by atoms with E-state index < -0.39 is 74.7 Å². The number of aryl methyl sites for hydroxylation is 3. The standard InChI is InChI=1S/C51H49ClN12O12S5.2O3S/c1-29-18-42(60-63-49-32(4)36(27-54)50-55-38-10-8-33(28-65)21-45(38)64(50)51(49)66)46(76-12-5-15-79(67,68)69)23-39(29)57-61-43-20-31(3)41(25-48(43)78-14-7-17-81(73,74)75)59-62-44-19-30(2)40(24-47(44)77-13-6-16-80(70,71)72)58-56-37-11-9-35(52)22-34(37)26-53;2*1-4(2)3/h8-11,18-25,65-66H,5-7,12-17,28H2,1-4H3,(H,67,68,69)(H,70,71,72)(H,73,74,75);;. The van der Waals surface area contributed by atoms with Gasteiger partial charge in [0.1, 0.15) is 34.8 Å². The fourth-order valence-corrected chi connectivity index (χ4v) is 11.6. The molecule has 0 atom stereocenters. The number of rotatable bonds is 24. The van der Waals surface area contributed by atoms with Gasteiger partial charge in [0.05, 0.1) is 75.5 Å². The molecule has 38 heteroatoms. The molecule has 470 valence electrons. The Morgan fingerprint density at radius 3 is 1.54 bits per heavy atom. The number of nitrogens with zero attached hydrogens (tertiary/aromatic N) is 12. The lowest BCUT2D eigenvalue weighted by atomic mass is 10.1. The first-order chi connectivity index (χ1) is 41.8. The Balaban J connectivity index is 0.00000170. The largest absolute Gasteiger partial charge is 0.493 e. The van der Waals surface area contributed by atoms with Crippen molar-refractivity contribution in [1.29, 1.82) is 10.5 Å². The molecule has 0 aliphatic rings. The van der Waals surface area contributed by atoms with Crippen LogP contribution in [0.3, 0.4) is 0 Å². The number of imidazole rings is 1. The maximum atomic E-state index is 11.6. The zero-order valence-corrected chi connectivity index (χ0v) is 53.1. The molecule has 0 bridgehead atoms. The predicted octanol–water partition coefficient (Wildman–Crippen LogP) is 11.4. The van der Waals surface area contributed by atoms with Crippen molar-refractivity contribution in [2.45, 2.75) is 63.4 Å². The molecule has 0 amide bonds. The number of fused-ring (bicyclic) bond motifs is 3. The Labute approximate surface area is 524 Å². The van der Waals surface area contributed by atoms with Crippen molar-refractivity contribution in [1.82, 2.24) is 9.38 Å². The number of halogens is 1. The molecule has 30 nitrogen and oxygen atoms in total. The number of aliphatic hydroxyl groups is 1. The normalized spacial score (nSPS) is 11.9. The highest BCUT2D eigenvalue weighted by Crippen LogP contribution is 2.44. The van der Waals surface area contributed by atoms with E-state index in [1.807, 2.05) is 6.07 Å². The van der Waals surface area contributed by atoms with Crippen LogP contribution in [0.4, 0.5) is 45.5 Å². The van der Waals surface area contributed by atoms with Crippen molar-refractivity contribution >= 4 is 149 Å². The smallest absolute Gasteiger partial charge is 0.425 e. The fourth-order valence-electron chi connectivity index (χ4n) is 7.69. The minimum atomic E-state index is -4.34. The second-order valence-corrected chi connectivity index (χ2v) is 26.5. The van der Waals surface area contributed by atoms with Gasteiger partial charge >= 0.3 is 21.2 Å². The van der Waals surface area contributed by atoms with Crippen LogP contribution in [-0.4, -0.2) is 119 Å². The number of hydrogen-bond donors (Lipinski definition) is 5. The first-order valence-corrected chi connectivity index (χ1v) is 34.2.